The number of ether oxygens (including phenoxy) is 3. The molecule has 1 saturated heterocycles. The number of carbonyl (C=O) groups excluding carboxylic acids is 2. The Labute approximate surface area is 187 Å². The van der Waals surface area contributed by atoms with Crippen LogP contribution in [-0.2, 0) is 23.8 Å². The van der Waals surface area contributed by atoms with E-state index in [1.165, 1.54) is 23.9 Å². The van der Waals surface area contributed by atoms with Crippen molar-refractivity contribution in [2.75, 3.05) is 12.3 Å². The second-order valence-corrected chi connectivity index (χ2v) is 8.05. The SMILES string of the molecule is CCC(=O)OCC1OC(n2cc3c(N)cc4c(=O)[nH]ncc(n2)c34)C(C)(O)C1OC(=O)CC. The van der Waals surface area contributed by atoms with Crippen LogP contribution in [0.3, 0.4) is 0 Å². The van der Waals surface area contributed by atoms with Crippen molar-refractivity contribution in [2.45, 2.75) is 57.6 Å². The summed E-state index contributed by atoms with van der Waals surface area (Å²) in [7, 11) is 0. The lowest BCUT2D eigenvalue weighted by atomic mass is 9.96. The van der Waals surface area contributed by atoms with Crippen LogP contribution in [0.5, 0.6) is 0 Å². The fourth-order valence-corrected chi connectivity index (χ4v) is 3.99. The van der Waals surface area contributed by atoms with Gasteiger partial charge in [-0.1, -0.05) is 13.8 Å². The molecule has 0 aliphatic carbocycles. The van der Waals surface area contributed by atoms with Gasteiger partial charge in [-0.15, -0.1) is 0 Å². The van der Waals surface area contributed by atoms with Crippen molar-refractivity contribution in [3.05, 3.63) is 28.8 Å². The minimum atomic E-state index is -1.74. The zero-order chi connectivity index (χ0) is 23.9. The first-order valence-corrected chi connectivity index (χ1v) is 10.5. The van der Waals surface area contributed by atoms with Gasteiger partial charge in [-0.25, -0.2) is 9.78 Å². The van der Waals surface area contributed by atoms with Crippen LogP contribution in [-0.4, -0.2) is 61.4 Å². The number of nitrogens with zero attached hydrogens (tertiary/aromatic N) is 3. The predicted molar refractivity (Wildman–Crippen MR) is 116 cm³/mol. The van der Waals surface area contributed by atoms with Gasteiger partial charge < -0.3 is 25.1 Å². The Balaban J connectivity index is 1.79. The van der Waals surface area contributed by atoms with Gasteiger partial charge in [0.15, 0.2) is 12.3 Å². The number of esters is 2. The number of nitrogen functional groups attached to an aromatic ring is 1. The molecule has 3 aromatic rings. The highest BCUT2D eigenvalue weighted by atomic mass is 16.6. The Bertz CT molecular complexity index is 1280. The molecule has 4 unspecified atom stereocenters. The zero-order valence-electron chi connectivity index (χ0n) is 18.4. The highest BCUT2D eigenvalue weighted by Gasteiger charge is 2.56. The molecule has 0 radical (unpaired) electrons. The number of aromatic nitrogens is 4. The summed E-state index contributed by atoms with van der Waals surface area (Å²) in [5.74, 6) is -1.00. The van der Waals surface area contributed by atoms with Crippen molar-refractivity contribution in [3.8, 4) is 0 Å². The number of aromatic amines is 1. The van der Waals surface area contributed by atoms with Crippen molar-refractivity contribution in [3.63, 3.8) is 0 Å². The van der Waals surface area contributed by atoms with E-state index in [1.807, 2.05) is 0 Å². The third kappa shape index (κ3) is 3.91. The number of rotatable bonds is 6. The molecular formula is C21H25N5O7. The van der Waals surface area contributed by atoms with E-state index >= 15 is 0 Å². The number of anilines is 1. The van der Waals surface area contributed by atoms with Gasteiger partial charge in [0, 0.05) is 35.5 Å². The molecule has 1 aliphatic heterocycles. The quantitative estimate of drug-likeness (QED) is 0.447. The second kappa shape index (κ2) is 8.45. The first-order chi connectivity index (χ1) is 15.7. The molecule has 12 nitrogen and oxygen atoms in total. The molecule has 2 aromatic heterocycles. The Kier molecular flexibility index (Phi) is 5.80. The molecule has 4 rings (SSSR count). The summed E-state index contributed by atoms with van der Waals surface area (Å²) in [6.07, 6.45) is -0.0419. The largest absolute Gasteiger partial charge is 0.463 e. The highest BCUT2D eigenvalue weighted by Crippen LogP contribution is 2.41. The lowest BCUT2D eigenvalue weighted by Crippen LogP contribution is -2.47. The number of nitrogens with one attached hydrogen (secondary N) is 1. The molecule has 4 atom stereocenters. The summed E-state index contributed by atoms with van der Waals surface area (Å²) in [6, 6.07) is 1.52. The van der Waals surface area contributed by atoms with Crippen molar-refractivity contribution >= 4 is 39.3 Å². The Morgan fingerprint density at radius 2 is 2.03 bits per heavy atom. The molecule has 4 N–H and O–H groups in total. The lowest BCUT2D eigenvalue weighted by Gasteiger charge is -2.30. The molecule has 1 aromatic carbocycles. The van der Waals surface area contributed by atoms with Crippen LogP contribution in [0.2, 0.25) is 0 Å². The van der Waals surface area contributed by atoms with Crippen LogP contribution in [0, 0.1) is 0 Å². The van der Waals surface area contributed by atoms with Crippen LogP contribution < -0.4 is 11.3 Å². The molecule has 0 saturated carbocycles. The summed E-state index contributed by atoms with van der Waals surface area (Å²) in [4.78, 5) is 36.0. The van der Waals surface area contributed by atoms with Gasteiger partial charge in [-0.3, -0.25) is 14.4 Å². The Morgan fingerprint density at radius 3 is 2.73 bits per heavy atom. The summed E-state index contributed by atoms with van der Waals surface area (Å²) < 4.78 is 18.0. The van der Waals surface area contributed by atoms with E-state index < -0.39 is 41.5 Å². The highest BCUT2D eigenvalue weighted by molar-refractivity contribution is 6.14. The van der Waals surface area contributed by atoms with Gasteiger partial charge >= 0.3 is 11.9 Å². The molecule has 3 heterocycles. The van der Waals surface area contributed by atoms with Crippen molar-refractivity contribution < 1.29 is 28.9 Å². The van der Waals surface area contributed by atoms with Crippen LogP contribution in [0.15, 0.2) is 23.3 Å². The number of carbonyl (C=O) groups is 2. The third-order valence-electron chi connectivity index (χ3n) is 5.69. The molecule has 0 amide bonds. The van der Waals surface area contributed by atoms with Crippen LogP contribution in [0.4, 0.5) is 5.69 Å². The van der Waals surface area contributed by atoms with E-state index in [0.717, 1.165) is 0 Å². The van der Waals surface area contributed by atoms with E-state index in [4.69, 9.17) is 19.9 Å². The van der Waals surface area contributed by atoms with Crippen molar-refractivity contribution in [1.29, 1.82) is 0 Å². The van der Waals surface area contributed by atoms with E-state index in [0.29, 0.717) is 27.4 Å². The number of hydrogen-bond acceptors (Lipinski definition) is 10. The lowest BCUT2D eigenvalue weighted by molar-refractivity contribution is -0.165. The summed E-state index contributed by atoms with van der Waals surface area (Å²) in [5.41, 5.74) is 4.65. The smallest absolute Gasteiger partial charge is 0.305 e. The third-order valence-corrected chi connectivity index (χ3v) is 5.69. The van der Waals surface area contributed by atoms with Gasteiger partial charge in [0.1, 0.15) is 23.8 Å². The second-order valence-electron chi connectivity index (χ2n) is 8.05. The van der Waals surface area contributed by atoms with E-state index in [9.17, 15) is 19.5 Å². The monoisotopic (exact) mass is 459 g/mol. The first-order valence-electron chi connectivity index (χ1n) is 10.5. The number of H-pyrrole nitrogens is 1. The van der Waals surface area contributed by atoms with Crippen LogP contribution >= 0.6 is 0 Å². The van der Waals surface area contributed by atoms with Gasteiger partial charge in [0.2, 0.25) is 0 Å². The van der Waals surface area contributed by atoms with Crippen molar-refractivity contribution in [1.82, 2.24) is 20.0 Å². The van der Waals surface area contributed by atoms with Gasteiger partial charge in [0.05, 0.1) is 11.6 Å². The Morgan fingerprint density at radius 1 is 1.30 bits per heavy atom. The maximum absolute atomic E-state index is 12.2. The minimum Gasteiger partial charge on any atom is -0.463 e. The molecule has 33 heavy (non-hydrogen) atoms. The predicted octanol–water partition coefficient (Wildman–Crippen LogP) is 0.778. The molecule has 1 fully saturated rings. The van der Waals surface area contributed by atoms with E-state index in [2.05, 4.69) is 15.3 Å². The number of aliphatic hydroxyl groups is 1. The minimum absolute atomic E-state index is 0.0878. The molecule has 0 spiro atoms. The van der Waals surface area contributed by atoms with Crippen molar-refractivity contribution in [2.24, 2.45) is 0 Å². The molecule has 0 bridgehead atoms. The van der Waals surface area contributed by atoms with Gasteiger partial charge in [-0.05, 0) is 13.0 Å². The van der Waals surface area contributed by atoms with Gasteiger partial charge in [-0.2, -0.15) is 10.2 Å². The fourth-order valence-electron chi connectivity index (χ4n) is 3.99. The summed E-state index contributed by atoms with van der Waals surface area (Å²) in [6.45, 7) is 4.49. The molecular weight excluding hydrogens is 434 g/mol. The van der Waals surface area contributed by atoms with E-state index in [-0.39, 0.29) is 19.4 Å². The summed E-state index contributed by atoms with van der Waals surface area (Å²) >= 11 is 0. The maximum atomic E-state index is 12.2. The first kappa shape index (κ1) is 22.7. The Hall–Kier alpha value is -3.51. The molecule has 176 valence electrons. The average Bonchev–Trinajstić information content (AvgIpc) is 3.19. The standard InChI is InChI=1S/C21H25N5O7/c1-4-15(27)31-9-14-18(33-16(28)5-2)21(3,30)20(32-14)26-8-11-12(22)6-10-17(11)13(25-26)7-23-24-19(10)29/h6-8,14,18,20,30H,4-5,9,22H2,1-3H3,(H,24,29). The number of nitrogens with two attached hydrogens (primary N) is 1. The van der Waals surface area contributed by atoms with Gasteiger partial charge in [0.25, 0.3) is 5.56 Å². The van der Waals surface area contributed by atoms with Crippen LogP contribution in [0.25, 0.3) is 21.7 Å². The topological polar surface area (TPSA) is 172 Å². The van der Waals surface area contributed by atoms with Crippen LogP contribution in [0.1, 0.15) is 39.8 Å². The van der Waals surface area contributed by atoms with E-state index in [1.54, 1.807) is 20.0 Å². The molecule has 12 heteroatoms. The number of hydrogen-bond donors (Lipinski definition) is 3. The zero-order valence-corrected chi connectivity index (χ0v) is 18.4. The summed E-state index contributed by atoms with van der Waals surface area (Å²) in [5, 5.41) is 23.5. The average molecular weight is 459 g/mol. The fraction of sp³-hybridized carbons (Fsp3) is 0.476. The normalized spacial score (nSPS) is 24.9. The molecule has 1 aliphatic rings. The maximum Gasteiger partial charge on any atom is 0.305 e.